The van der Waals surface area contributed by atoms with E-state index in [4.69, 9.17) is 11.6 Å². The van der Waals surface area contributed by atoms with Crippen molar-refractivity contribution in [1.82, 2.24) is 30.6 Å². The zero-order valence-corrected chi connectivity index (χ0v) is 18.4. The summed E-state index contributed by atoms with van der Waals surface area (Å²) < 4.78 is 29.4. The number of fused-ring (bicyclic) bond motifs is 1. The van der Waals surface area contributed by atoms with E-state index in [1.807, 2.05) is 11.4 Å². The zero-order valence-electron chi connectivity index (χ0n) is 16.1. The van der Waals surface area contributed by atoms with Crippen LogP contribution in [0.15, 0.2) is 23.6 Å². The molecule has 0 amide bonds. The van der Waals surface area contributed by atoms with Crippen molar-refractivity contribution in [2.75, 3.05) is 18.0 Å². The molecular formula is C19H17Cl2F2N7S. The van der Waals surface area contributed by atoms with E-state index in [-0.39, 0.29) is 28.8 Å². The van der Waals surface area contributed by atoms with Crippen molar-refractivity contribution in [3.8, 4) is 11.4 Å². The molecule has 1 aromatic carbocycles. The Bertz CT molecular complexity index is 1190. The van der Waals surface area contributed by atoms with Gasteiger partial charge in [-0.1, -0.05) is 11.6 Å². The molecule has 1 aliphatic rings. The predicted octanol–water partition coefficient (Wildman–Crippen LogP) is 4.68. The maximum absolute atomic E-state index is 14.5. The summed E-state index contributed by atoms with van der Waals surface area (Å²) in [5.74, 6) is 0.809. The van der Waals surface area contributed by atoms with E-state index in [1.54, 1.807) is 0 Å². The normalized spacial score (nSPS) is 14.7. The van der Waals surface area contributed by atoms with Crippen molar-refractivity contribution >= 4 is 51.4 Å². The summed E-state index contributed by atoms with van der Waals surface area (Å²) in [6.07, 6.45) is 2.72. The molecule has 1 saturated heterocycles. The van der Waals surface area contributed by atoms with Crippen LogP contribution in [0.5, 0.6) is 0 Å². The van der Waals surface area contributed by atoms with Crippen LogP contribution in [0.1, 0.15) is 18.7 Å². The van der Waals surface area contributed by atoms with Crippen molar-refractivity contribution in [2.45, 2.75) is 19.3 Å². The highest BCUT2D eigenvalue weighted by atomic mass is 35.5. The first-order chi connectivity index (χ1) is 14.6. The van der Waals surface area contributed by atoms with Crippen LogP contribution in [0.3, 0.4) is 0 Å². The second kappa shape index (κ2) is 8.97. The molecule has 0 bridgehead atoms. The molecule has 3 aromatic heterocycles. The summed E-state index contributed by atoms with van der Waals surface area (Å²) in [4.78, 5) is 11.3. The molecular weight excluding hydrogens is 467 g/mol. The summed E-state index contributed by atoms with van der Waals surface area (Å²) in [6.45, 7) is 1.60. The minimum Gasteiger partial charge on any atom is -0.355 e. The molecule has 0 saturated carbocycles. The number of aromatic amines is 1. The van der Waals surface area contributed by atoms with E-state index in [9.17, 15) is 8.78 Å². The number of halogens is 4. The standard InChI is InChI=1S/C19H16ClF2N7S.ClH/c20-12-9-13(21)11(8-14(12)22)18-23-15-3-6-30-17(15)19(24-18)29-4-1-10(2-5-29)7-16-25-27-28-26-16;/h3,6,8-10H,1-2,4-5,7H2,(H,25,26,27,28);1H. The fourth-order valence-corrected chi connectivity index (χ4v) is 4.76. The molecule has 1 fully saturated rings. The fraction of sp³-hybridized carbons (Fsp3) is 0.316. The van der Waals surface area contributed by atoms with Gasteiger partial charge in [0.2, 0.25) is 0 Å². The van der Waals surface area contributed by atoms with Gasteiger partial charge in [0.1, 0.15) is 17.5 Å². The van der Waals surface area contributed by atoms with Crippen LogP contribution in [0.4, 0.5) is 14.6 Å². The Morgan fingerprint density at radius 3 is 2.71 bits per heavy atom. The molecule has 7 nitrogen and oxygen atoms in total. The van der Waals surface area contributed by atoms with Crippen LogP contribution >= 0.6 is 35.3 Å². The Kier molecular flexibility index (Phi) is 6.31. The lowest BCUT2D eigenvalue weighted by Gasteiger charge is -2.32. The SMILES string of the molecule is Cl.Fc1cc(-c2nc(N3CCC(Cc4nnn[nH]4)CC3)c3sccc3n2)c(F)cc1Cl. The summed E-state index contributed by atoms with van der Waals surface area (Å²) in [7, 11) is 0. The van der Waals surface area contributed by atoms with Crippen LogP contribution < -0.4 is 4.90 Å². The van der Waals surface area contributed by atoms with Crippen molar-refractivity contribution in [1.29, 1.82) is 0 Å². The smallest absolute Gasteiger partial charge is 0.165 e. The molecule has 5 rings (SSSR count). The number of anilines is 1. The number of nitrogens with zero attached hydrogens (tertiary/aromatic N) is 6. The van der Waals surface area contributed by atoms with Crippen LogP contribution in [0.25, 0.3) is 21.6 Å². The molecule has 12 heteroatoms. The van der Waals surface area contributed by atoms with E-state index in [0.717, 1.165) is 60.8 Å². The molecule has 162 valence electrons. The lowest BCUT2D eigenvalue weighted by Crippen LogP contribution is -2.35. The van der Waals surface area contributed by atoms with Gasteiger partial charge < -0.3 is 4.90 Å². The summed E-state index contributed by atoms with van der Waals surface area (Å²) in [5.41, 5.74) is 0.712. The first-order valence-corrected chi connectivity index (χ1v) is 10.7. The van der Waals surface area contributed by atoms with Gasteiger partial charge in [0.25, 0.3) is 0 Å². The third kappa shape index (κ3) is 4.32. The highest BCUT2D eigenvalue weighted by molar-refractivity contribution is 7.17. The van der Waals surface area contributed by atoms with Crippen molar-refractivity contribution in [2.24, 2.45) is 5.92 Å². The number of tetrazole rings is 1. The average molecular weight is 484 g/mol. The Hall–Kier alpha value is -2.43. The van der Waals surface area contributed by atoms with Gasteiger partial charge in [-0.05, 0) is 52.8 Å². The molecule has 0 spiro atoms. The first kappa shape index (κ1) is 21.8. The lowest BCUT2D eigenvalue weighted by atomic mass is 9.93. The number of aromatic nitrogens is 6. The van der Waals surface area contributed by atoms with Gasteiger partial charge >= 0.3 is 0 Å². The quantitative estimate of drug-likeness (QED) is 0.424. The number of nitrogens with one attached hydrogen (secondary N) is 1. The number of hydrogen-bond donors (Lipinski definition) is 1. The minimum atomic E-state index is -0.702. The molecule has 1 N–H and O–H groups in total. The molecule has 1 aliphatic heterocycles. The Morgan fingerprint density at radius 2 is 1.97 bits per heavy atom. The number of H-pyrrole nitrogens is 1. The number of piperidine rings is 1. The van der Waals surface area contributed by atoms with E-state index >= 15 is 0 Å². The number of benzene rings is 1. The van der Waals surface area contributed by atoms with E-state index in [2.05, 4.69) is 35.5 Å². The summed E-state index contributed by atoms with van der Waals surface area (Å²) in [5, 5.41) is 15.7. The maximum Gasteiger partial charge on any atom is 0.165 e. The lowest BCUT2D eigenvalue weighted by molar-refractivity contribution is 0.396. The number of rotatable bonds is 4. The van der Waals surface area contributed by atoms with E-state index in [0.29, 0.717) is 11.4 Å². The second-order valence-electron chi connectivity index (χ2n) is 7.23. The number of thiophene rings is 1. The second-order valence-corrected chi connectivity index (χ2v) is 8.56. The van der Waals surface area contributed by atoms with Gasteiger partial charge in [-0.2, -0.15) is 0 Å². The Morgan fingerprint density at radius 1 is 1.16 bits per heavy atom. The molecule has 0 atom stereocenters. The van der Waals surface area contributed by atoms with E-state index < -0.39 is 11.6 Å². The van der Waals surface area contributed by atoms with E-state index in [1.165, 1.54) is 11.3 Å². The van der Waals surface area contributed by atoms with Crippen molar-refractivity contribution < 1.29 is 8.78 Å². The summed E-state index contributed by atoms with van der Waals surface area (Å²) >= 11 is 7.23. The molecule has 4 aromatic rings. The molecule has 4 heterocycles. The third-order valence-electron chi connectivity index (χ3n) is 5.32. The van der Waals surface area contributed by atoms with Crippen LogP contribution in [-0.4, -0.2) is 43.7 Å². The molecule has 31 heavy (non-hydrogen) atoms. The highest BCUT2D eigenvalue weighted by Crippen LogP contribution is 2.35. The first-order valence-electron chi connectivity index (χ1n) is 9.46. The van der Waals surface area contributed by atoms with Gasteiger partial charge in [-0.15, -0.1) is 28.8 Å². The predicted molar refractivity (Wildman–Crippen MR) is 118 cm³/mol. The van der Waals surface area contributed by atoms with Gasteiger partial charge in [0.05, 0.1) is 20.8 Å². The number of hydrogen-bond acceptors (Lipinski definition) is 7. The molecule has 0 unspecified atom stereocenters. The zero-order chi connectivity index (χ0) is 20.7. The third-order valence-corrected chi connectivity index (χ3v) is 6.51. The van der Waals surface area contributed by atoms with Gasteiger partial charge in [-0.25, -0.2) is 23.8 Å². The van der Waals surface area contributed by atoms with Crippen LogP contribution in [0.2, 0.25) is 5.02 Å². The average Bonchev–Trinajstić information content (AvgIpc) is 3.42. The van der Waals surface area contributed by atoms with Crippen LogP contribution in [-0.2, 0) is 6.42 Å². The van der Waals surface area contributed by atoms with Gasteiger partial charge in [0, 0.05) is 19.5 Å². The fourth-order valence-electron chi connectivity index (χ4n) is 3.76. The summed E-state index contributed by atoms with van der Waals surface area (Å²) in [6, 6.07) is 3.87. The minimum absolute atomic E-state index is 0. The monoisotopic (exact) mass is 483 g/mol. The Balaban J connectivity index is 0.00000231. The van der Waals surface area contributed by atoms with Crippen molar-refractivity contribution in [3.63, 3.8) is 0 Å². The highest BCUT2D eigenvalue weighted by Gasteiger charge is 2.25. The molecule has 0 radical (unpaired) electrons. The topological polar surface area (TPSA) is 83.5 Å². The van der Waals surface area contributed by atoms with Crippen LogP contribution in [0, 0.1) is 17.6 Å². The largest absolute Gasteiger partial charge is 0.355 e. The molecule has 0 aliphatic carbocycles. The van der Waals surface area contributed by atoms with Gasteiger partial charge in [0.15, 0.2) is 11.6 Å². The van der Waals surface area contributed by atoms with Gasteiger partial charge in [-0.3, -0.25) is 0 Å². The van der Waals surface area contributed by atoms with Crippen molar-refractivity contribution in [3.05, 3.63) is 46.1 Å². The Labute approximate surface area is 191 Å². The maximum atomic E-state index is 14.5.